The van der Waals surface area contributed by atoms with Crippen LogP contribution in [0.2, 0.25) is 0 Å². The van der Waals surface area contributed by atoms with E-state index in [0.717, 1.165) is 17.1 Å². The zero-order valence-corrected chi connectivity index (χ0v) is 32.1. The number of hydrogen-bond donors (Lipinski definition) is 6. The molecule has 14 heteroatoms. The van der Waals surface area contributed by atoms with Crippen molar-refractivity contribution in [3.05, 3.63) is 147 Å². The zero-order valence-electron chi connectivity index (χ0n) is 32.1. The number of carbonyl (C=O) groups is 4. The van der Waals surface area contributed by atoms with Crippen LogP contribution in [-0.2, 0) is 6.54 Å². The number of anilines is 1. The van der Waals surface area contributed by atoms with Crippen LogP contribution < -0.4 is 26.0 Å². The summed E-state index contributed by atoms with van der Waals surface area (Å²) < 4.78 is 14.4. The maximum Gasteiger partial charge on any atom is 0.336 e. The lowest BCUT2D eigenvalue weighted by atomic mass is 9.89. The lowest BCUT2D eigenvalue weighted by Crippen LogP contribution is -2.23. The van der Waals surface area contributed by atoms with E-state index in [9.17, 15) is 44.4 Å². The Hall–Kier alpha value is -8.26. The standard InChI is InChI=1S/C46H33N3O11/c1-47-24-6-11-29-37(18-24)59-38-19-25(49(2)3)7-12-30(38)40(29)27-9-4-22(16-33(27)45(55)56)43(52)48-21-35-36(51)15-14-32-41(31-13-8-26(50)20-39(31)60-42(32)35)28-10-5-23(44(53)54)17-34(28)46(57)58/h4-20H,21H2,1-3H3,(H5,48,50,51,52,53,54,55,56,57,58)/p+1. The number of aromatic hydroxyl groups is 1. The molecule has 60 heavy (non-hydrogen) atoms. The van der Waals surface area contributed by atoms with Gasteiger partial charge in [0.25, 0.3) is 5.91 Å². The third-order valence-electron chi connectivity index (χ3n) is 10.4. The van der Waals surface area contributed by atoms with E-state index in [1.54, 1.807) is 13.1 Å². The smallest absolute Gasteiger partial charge is 0.336 e. The second kappa shape index (κ2) is 14.9. The van der Waals surface area contributed by atoms with E-state index in [0.29, 0.717) is 44.4 Å². The molecule has 6 N–H and O–H groups in total. The van der Waals surface area contributed by atoms with Crippen molar-refractivity contribution >= 4 is 51.4 Å². The van der Waals surface area contributed by atoms with Gasteiger partial charge in [-0.3, -0.25) is 9.59 Å². The highest BCUT2D eigenvalue weighted by Crippen LogP contribution is 2.45. The van der Waals surface area contributed by atoms with E-state index in [4.69, 9.17) is 8.83 Å². The van der Waals surface area contributed by atoms with Gasteiger partial charge in [0, 0.05) is 69.5 Å². The molecule has 0 unspecified atom stereocenters. The van der Waals surface area contributed by atoms with Gasteiger partial charge in [-0.05, 0) is 77.9 Å². The van der Waals surface area contributed by atoms with Gasteiger partial charge in [0.1, 0.15) is 42.5 Å². The highest BCUT2D eigenvalue weighted by Gasteiger charge is 2.27. The van der Waals surface area contributed by atoms with Crippen LogP contribution in [0.5, 0.6) is 5.75 Å². The summed E-state index contributed by atoms with van der Waals surface area (Å²) in [4.78, 5) is 63.5. The molecule has 2 aliphatic carbocycles. The van der Waals surface area contributed by atoms with Gasteiger partial charge >= 0.3 is 17.9 Å². The number of carbonyl (C=O) groups excluding carboxylic acids is 1. The minimum absolute atomic E-state index is 0.00108. The molecule has 0 saturated heterocycles. The number of benzene rings is 6. The number of hydrogen-bond acceptors (Lipinski definition) is 9. The number of aromatic carboxylic acids is 3. The molecule has 0 spiro atoms. The number of carboxylic acid groups (broad SMARTS) is 3. The third kappa shape index (κ3) is 6.71. The first-order valence-electron chi connectivity index (χ1n) is 18.4. The lowest BCUT2D eigenvalue weighted by molar-refractivity contribution is 0.0682. The summed E-state index contributed by atoms with van der Waals surface area (Å²) in [5, 5.41) is 49.0. The van der Waals surface area contributed by atoms with E-state index < -0.39 is 29.2 Å². The number of carboxylic acids is 3. The Morgan fingerprint density at radius 3 is 1.88 bits per heavy atom. The second-order valence-corrected chi connectivity index (χ2v) is 14.2. The molecule has 4 aromatic carbocycles. The molecule has 2 heterocycles. The number of amides is 1. The monoisotopic (exact) mass is 804 g/mol. The van der Waals surface area contributed by atoms with E-state index in [1.807, 2.05) is 55.1 Å². The van der Waals surface area contributed by atoms with Gasteiger partial charge < -0.3 is 39.9 Å². The van der Waals surface area contributed by atoms with Crippen molar-refractivity contribution in [2.24, 2.45) is 0 Å². The van der Waals surface area contributed by atoms with Crippen LogP contribution in [-0.4, -0.2) is 65.4 Å². The zero-order chi connectivity index (χ0) is 42.6. The fraction of sp³-hybridized carbons (Fsp3) is 0.0870. The molecule has 0 bridgehead atoms. The average Bonchev–Trinajstić information content (AvgIpc) is 3.23. The highest BCUT2D eigenvalue weighted by molar-refractivity contribution is 6.11. The molecule has 0 atom stereocenters. The van der Waals surface area contributed by atoms with Gasteiger partial charge in [0.05, 0.1) is 34.9 Å². The van der Waals surface area contributed by atoms with E-state index >= 15 is 0 Å². The first-order valence-corrected chi connectivity index (χ1v) is 18.4. The Bertz CT molecular complexity index is 3210. The summed E-state index contributed by atoms with van der Waals surface area (Å²) >= 11 is 0. The van der Waals surface area contributed by atoms with Crippen LogP contribution in [0.1, 0.15) is 47.0 Å². The molecule has 0 radical (unpaired) electrons. The van der Waals surface area contributed by atoms with Crippen LogP contribution in [0.25, 0.3) is 66.8 Å². The van der Waals surface area contributed by atoms with E-state index in [1.165, 1.54) is 54.6 Å². The van der Waals surface area contributed by atoms with Crippen molar-refractivity contribution in [1.29, 1.82) is 0 Å². The summed E-state index contributed by atoms with van der Waals surface area (Å²) in [7, 11) is 5.57. The summed E-state index contributed by atoms with van der Waals surface area (Å²) in [6.45, 7) is -0.348. The molecule has 4 aromatic rings. The average molecular weight is 805 g/mol. The fourth-order valence-electron chi connectivity index (χ4n) is 7.47. The van der Waals surface area contributed by atoms with Gasteiger partial charge in [-0.25, -0.2) is 19.0 Å². The molecule has 4 aliphatic rings. The Morgan fingerprint density at radius 2 is 1.23 bits per heavy atom. The number of phenols is 1. The number of fused-ring (bicyclic) bond motifs is 4. The third-order valence-corrected chi connectivity index (χ3v) is 10.4. The molecule has 0 saturated carbocycles. The maximum absolute atomic E-state index is 13.8. The lowest BCUT2D eigenvalue weighted by Gasteiger charge is -2.19. The predicted molar refractivity (Wildman–Crippen MR) is 223 cm³/mol. The number of nitrogens with zero attached hydrogens (tertiary/aromatic N) is 1. The van der Waals surface area contributed by atoms with E-state index in [2.05, 4.69) is 10.6 Å². The number of nitrogens with one attached hydrogen (secondary N) is 2. The van der Waals surface area contributed by atoms with Crippen LogP contribution in [0.15, 0.2) is 117 Å². The summed E-state index contributed by atoms with van der Waals surface area (Å²) in [6.07, 6.45) is 0. The van der Waals surface area contributed by atoms with Crippen molar-refractivity contribution in [3.63, 3.8) is 0 Å². The molecule has 1 amide bonds. The fourth-order valence-corrected chi connectivity index (χ4v) is 7.47. The minimum Gasteiger partial charge on any atom is -0.507 e. The van der Waals surface area contributed by atoms with Gasteiger partial charge in [-0.2, -0.15) is 0 Å². The number of phenolic OH excluding ortho intramolecular Hbond substituents is 1. The van der Waals surface area contributed by atoms with Gasteiger partial charge in [0.2, 0.25) is 5.36 Å². The minimum atomic E-state index is -1.40. The molecule has 298 valence electrons. The summed E-state index contributed by atoms with van der Waals surface area (Å²) in [5.41, 5.74) is 2.55. The summed E-state index contributed by atoms with van der Waals surface area (Å²) in [6, 6.07) is 25.9. The molecule has 0 fully saturated rings. The Kier molecular flexibility index (Phi) is 9.60. The Labute approximate surface area is 339 Å². The molecule has 2 aliphatic heterocycles. The number of rotatable bonds is 9. The van der Waals surface area contributed by atoms with Crippen LogP contribution in [0.3, 0.4) is 0 Å². The molecule has 0 aromatic heterocycles. The van der Waals surface area contributed by atoms with Gasteiger partial charge in [-0.1, -0.05) is 12.1 Å². The van der Waals surface area contributed by atoms with Crippen molar-refractivity contribution in [3.8, 4) is 50.7 Å². The van der Waals surface area contributed by atoms with Crippen molar-refractivity contribution in [1.82, 2.24) is 9.89 Å². The first kappa shape index (κ1) is 38.6. The topological polar surface area (TPSA) is 220 Å². The molecule has 8 rings (SSSR count). The SMILES string of the molecule is CNc1ccc2c(-c3ccc(C(=O)NCc4c(O)ccc5c(-c6ccc(C(=O)O)cc6C(=O)O)c6ccc(=O)cc-6oc45)cc3C(=O)O)c3ccc(=[N+](C)C)cc-3oc2c1. The van der Waals surface area contributed by atoms with Crippen LogP contribution >= 0.6 is 0 Å². The van der Waals surface area contributed by atoms with Gasteiger partial charge in [0.15, 0.2) is 5.43 Å². The predicted octanol–water partition coefficient (Wildman–Crippen LogP) is 6.89. The first-order chi connectivity index (χ1) is 28.7. The van der Waals surface area contributed by atoms with Crippen molar-refractivity contribution < 1.29 is 48.4 Å². The molecule has 14 nitrogen and oxygen atoms in total. The van der Waals surface area contributed by atoms with Crippen molar-refractivity contribution in [2.75, 3.05) is 26.5 Å². The van der Waals surface area contributed by atoms with Crippen LogP contribution in [0, 0.1) is 0 Å². The van der Waals surface area contributed by atoms with Crippen molar-refractivity contribution in [2.45, 2.75) is 6.54 Å². The Morgan fingerprint density at radius 1 is 0.633 bits per heavy atom. The highest BCUT2D eigenvalue weighted by atomic mass is 16.4. The normalized spacial score (nSPS) is 11.2. The molecular formula is C46H34N3O11+. The Balaban J connectivity index is 1.22. The molecular weight excluding hydrogens is 771 g/mol. The second-order valence-electron chi connectivity index (χ2n) is 14.2. The quantitative estimate of drug-likeness (QED) is 0.0649. The maximum atomic E-state index is 13.8. The largest absolute Gasteiger partial charge is 0.507 e. The summed E-state index contributed by atoms with van der Waals surface area (Å²) in [5.74, 6) is -4.44. The van der Waals surface area contributed by atoms with Gasteiger partial charge in [-0.15, -0.1) is 0 Å². The van der Waals surface area contributed by atoms with E-state index in [-0.39, 0.29) is 62.6 Å². The van der Waals surface area contributed by atoms with Crippen LogP contribution in [0.4, 0.5) is 5.69 Å².